The lowest BCUT2D eigenvalue weighted by Gasteiger charge is -2.26. The zero-order chi connectivity index (χ0) is 20.1. The van der Waals surface area contributed by atoms with E-state index < -0.39 is 29.8 Å². The number of rotatable bonds is 9. The lowest BCUT2D eigenvalue weighted by Crippen LogP contribution is -2.38. The Hall–Kier alpha value is -1.54. The van der Waals surface area contributed by atoms with Crippen LogP contribution in [0.3, 0.4) is 0 Å². The summed E-state index contributed by atoms with van der Waals surface area (Å²) in [6, 6.07) is 13.9. The summed E-state index contributed by atoms with van der Waals surface area (Å²) in [5, 5.41) is 10.7. The SMILES string of the molecule is COP(=O)(C[C@H](O)[C@@H](NS(=O)(=O)c1ccc(C)cc1)c1ccccc1)OC. The van der Waals surface area contributed by atoms with E-state index in [2.05, 4.69) is 4.72 Å². The highest BCUT2D eigenvalue weighted by molar-refractivity contribution is 7.89. The minimum atomic E-state index is -3.92. The zero-order valence-electron chi connectivity index (χ0n) is 15.4. The maximum atomic E-state index is 12.8. The van der Waals surface area contributed by atoms with Gasteiger partial charge in [0.25, 0.3) is 0 Å². The first-order valence-corrected chi connectivity index (χ1v) is 11.4. The second-order valence-corrected chi connectivity index (χ2v) is 10.1. The van der Waals surface area contributed by atoms with Crippen LogP contribution in [0.1, 0.15) is 17.2 Å². The van der Waals surface area contributed by atoms with Crippen LogP contribution in [0.2, 0.25) is 0 Å². The van der Waals surface area contributed by atoms with Crippen molar-refractivity contribution in [2.75, 3.05) is 20.4 Å². The van der Waals surface area contributed by atoms with Crippen LogP contribution < -0.4 is 4.72 Å². The van der Waals surface area contributed by atoms with Crippen molar-refractivity contribution in [1.29, 1.82) is 0 Å². The molecule has 0 aliphatic rings. The Morgan fingerprint density at radius 1 is 1.04 bits per heavy atom. The summed E-state index contributed by atoms with van der Waals surface area (Å²) in [7, 11) is -5.03. The second-order valence-electron chi connectivity index (χ2n) is 6.05. The van der Waals surface area contributed by atoms with Gasteiger partial charge in [0, 0.05) is 14.2 Å². The van der Waals surface area contributed by atoms with Crippen molar-refractivity contribution < 1.29 is 27.1 Å². The van der Waals surface area contributed by atoms with E-state index in [4.69, 9.17) is 9.05 Å². The van der Waals surface area contributed by atoms with Crippen molar-refractivity contribution in [3.8, 4) is 0 Å². The Bertz CT molecular complexity index is 878. The van der Waals surface area contributed by atoms with Gasteiger partial charge in [0.1, 0.15) is 0 Å². The van der Waals surface area contributed by atoms with Crippen molar-refractivity contribution in [3.63, 3.8) is 0 Å². The summed E-state index contributed by atoms with van der Waals surface area (Å²) in [4.78, 5) is 0.0721. The predicted octanol–water partition coefficient (Wildman–Crippen LogP) is 2.86. The Morgan fingerprint density at radius 2 is 1.59 bits per heavy atom. The number of hydrogen-bond acceptors (Lipinski definition) is 6. The molecule has 0 saturated heterocycles. The third-order valence-electron chi connectivity index (χ3n) is 4.12. The van der Waals surface area contributed by atoms with Gasteiger partial charge in [-0.3, -0.25) is 4.57 Å². The molecule has 0 aliphatic heterocycles. The van der Waals surface area contributed by atoms with Crippen molar-refractivity contribution in [1.82, 2.24) is 4.72 Å². The minimum Gasteiger partial charge on any atom is -0.390 e. The largest absolute Gasteiger partial charge is 0.390 e. The molecule has 2 aromatic carbocycles. The van der Waals surface area contributed by atoms with Crippen LogP contribution in [0.5, 0.6) is 0 Å². The summed E-state index contributed by atoms with van der Waals surface area (Å²) < 4.78 is 50.2. The summed E-state index contributed by atoms with van der Waals surface area (Å²) in [6.07, 6.45) is -1.70. The van der Waals surface area contributed by atoms with E-state index in [9.17, 15) is 18.1 Å². The molecule has 9 heteroatoms. The van der Waals surface area contributed by atoms with Gasteiger partial charge in [-0.05, 0) is 24.6 Å². The van der Waals surface area contributed by atoms with Crippen LogP contribution in [-0.4, -0.2) is 40.0 Å². The Morgan fingerprint density at radius 3 is 2.11 bits per heavy atom. The van der Waals surface area contributed by atoms with Crippen molar-refractivity contribution in [3.05, 3.63) is 65.7 Å². The molecular weight excluding hydrogens is 389 g/mol. The smallest absolute Gasteiger partial charge is 0.332 e. The number of aliphatic hydroxyl groups is 1. The van der Waals surface area contributed by atoms with E-state index in [1.165, 1.54) is 26.4 Å². The number of benzene rings is 2. The molecule has 2 rings (SSSR count). The molecule has 7 nitrogen and oxygen atoms in total. The van der Waals surface area contributed by atoms with Gasteiger partial charge in [-0.2, -0.15) is 0 Å². The molecular formula is C18H24NO6PS. The summed E-state index contributed by atoms with van der Waals surface area (Å²) >= 11 is 0. The average Bonchev–Trinajstić information content (AvgIpc) is 2.67. The van der Waals surface area contributed by atoms with Crippen LogP contribution in [0.15, 0.2) is 59.5 Å². The molecule has 27 heavy (non-hydrogen) atoms. The van der Waals surface area contributed by atoms with Gasteiger partial charge in [-0.1, -0.05) is 48.0 Å². The fourth-order valence-electron chi connectivity index (χ4n) is 2.54. The first-order chi connectivity index (χ1) is 12.7. The van der Waals surface area contributed by atoms with Gasteiger partial charge in [-0.25, -0.2) is 13.1 Å². The van der Waals surface area contributed by atoms with E-state index in [1.54, 1.807) is 42.5 Å². The Kier molecular flexibility index (Phi) is 7.33. The normalized spacial score (nSPS) is 14.7. The first-order valence-electron chi connectivity index (χ1n) is 8.23. The molecule has 0 saturated carbocycles. The molecule has 2 aromatic rings. The fraction of sp³-hybridized carbons (Fsp3) is 0.333. The number of hydrogen-bond donors (Lipinski definition) is 2. The van der Waals surface area contributed by atoms with E-state index in [0.29, 0.717) is 5.56 Å². The maximum Gasteiger partial charge on any atom is 0.332 e. The first kappa shape index (κ1) is 21.8. The number of aryl methyl sites for hydroxylation is 1. The molecule has 0 fully saturated rings. The highest BCUT2D eigenvalue weighted by Crippen LogP contribution is 2.48. The molecule has 0 unspecified atom stereocenters. The third-order valence-corrected chi connectivity index (χ3v) is 7.51. The summed E-state index contributed by atoms with van der Waals surface area (Å²) in [5.41, 5.74) is 1.45. The van der Waals surface area contributed by atoms with E-state index >= 15 is 0 Å². The van der Waals surface area contributed by atoms with Crippen LogP contribution in [0.4, 0.5) is 0 Å². The van der Waals surface area contributed by atoms with Crippen molar-refractivity contribution in [2.45, 2.75) is 24.0 Å². The quantitative estimate of drug-likeness (QED) is 0.613. The van der Waals surface area contributed by atoms with Crippen LogP contribution in [-0.2, 0) is 23.6 Å². The molecule has 0 aromatic heterocycles. The number of aliphatic hydroxyl groups excluding tert-OH is 1. The van der Waals surface area contributed by atoms with E-state index in [0.717, 1.165) is 5.56 Å². The van der Waals surface area contributed by atoms with Crippen LogP contribution in [0.25, 0.3) is 0 Å². The highest BCUT2D eigenvalue weighted by Gasteiger charge is 2.34. The van der Waals surface area contributed by atoms with Gasteiger partial charge in [-0.15, -0.1) is 0 Å². The van der Waals surface area contributed by atoms with Gasteiger partial charge >= 0.3 is 7.60 Å². The molecule has 2 N–H and O–H groups in total. The molecule has 0 heterocycles. The molecule has 0 spiro atoms. The number of nitrogens with one attached hydrogen (secondary N) is 1. The van der Waals surface area contributed by atoms with Gasteiger partial charge < -0.3 is 14.2 Å². The van der Waals surface area contributed by atoms with E-state index in [1.807, 2.05) is 6.92 Å². The topological polar surface area (TPSA) is 102 Å². The number of sulfonamides is 1. The summed E-state index contributed by atoms with van der Waals surface area (Å²) in [6.45, 7) is 1.85. The fourth-order valence-corrected chi connectivity index (χ4v) is 4.91. The highest BCUT2D eigenvalue weighted by atomic mass is 32.2. The zero-order valence-corrected chi connectivity index (χ0v) is 17.1. The predicted molar refractivity (Wildman–Crippen MR) is 103 cm³/mol. The van der Waals surface area contributed by atoms with Gasteiger partial charge in [0.2, 0.25) is 10.0 Å². The van der Waals surface area contributed by atoms with Gasteiger partial charge in [0.15, 0.2) is 0 Å². The monoisotopic (exact) mass is 413 g/mol. The molecule has 148 valence electrons. The lowest BCUT2D eigenvalue weighted by molar-refractivity contribution is 0.147. The van der Waals surface area contributed by atoms with Crippen molar-refractivity contribution in [2.24, 2.45) is 0 Å². The summed E-state index contributed by atoms with van der Waals surface area (Å²) in [5.74, 6) is 0. The average molecular weight is 413 g/mol. The molecule has 2 atom stereocenters. The molecule has 0 bridgehead atoms. The Labute approximate surface area is 159 Å². The lowest BCUT2D eigenvalue weighted by atomic mass is 10.0. The van der Waals surface area contributed by atoms with Gasteiger partial charge in [0.05, 0.1) is 23.2 Å². The molecule has 0 radical (unpaired) electrons. The van der Waals surface area contributed by atoms with E-state index in [-0.39, 0.29) is 11.1 Å². The van der Waals surface area contributed by atoms with Crippen molar-refractivity contribution >= 4 is 17.6 Å². The minimum absolute atomic E-state index is 0.0721. The Balaban J connectivity index is 2.36. The van der Waals surface area contributed by atoms with Crippen LogP contribution >= 0.6 is 7.60 Å². The third kappa shape index (κ3) is 5.72. The molecule has 0 aliphatic carbocycles. The maximum absolute atomic E-state index is 12.8. The second kappa shape index (κ2) is 9.10. The standard InChI is InChI=1S/C18H24NO6PS/c1-14-9-11-16(12-10-14)27(22,23)19-18(15-7-5-4-6-8-15)17(20)13-26(21,24-2)25-3/h4-12,17-20H,13H2,1-3H3/t17-,18-/m0/s1. The molecule has 0 amide bonds. The van der Waals surface area contributed by atoms with Crippen LogP contribution in [0, 0.1) is 6.92 Å².